The summed E-state index contributed by atoms with van der Waals surface area (Å²) in [5, 5.41) is 3.29. The van der Waals surface area contributed by atoms with Crippen molar-refractivity contribution < 1.29 is 33.3 Å². The Morgan fingerprint density at radius 2 is 1.77 bits per heavy atom. The Balaban J connectivity index is 1.88. The molecule has 1 aromatic rings. The fraction of sp³-hybridized carbons (Fsp3) is 0.519. The highest BCUT2D eigenvalue weighted by Gasteiger charge is 2.48. The molecule has 4 rings (SSSR count). The number of ether oxygens (including phenoxy) is 4. The van der Waals surface area contributed by atoms with E-state index in [2.05, 4.69) is 5.32 Å². The number of para-hydroxylation sites is 1. The molecule has 0 spiro atoms. The lowest BCUT2D eigenvalue weighted by Gasteiger charge is -2.38. The Morgan fingerprint density at radius 3 is 2.40 bits per heavy atom. The first-order valence-electron chi connectivity index (χ1n) is 12.1. The van der Waals surface area contributed by atoms with Crippen molar-refractivity contribution >= 4 is 17.7 Å². The number of rotatable bonds is 6. The molecular formula is C27H33NO7. The molecule has 1 saturated carbocycles. The number of carbonyl (C=O) groups excluding carboxylic acids is 3. The fourth-order valence-electron chi connectivity index (χ4n) is 5.62. The fourth-order valence-corrected chi connectivity index (χ4v) is 5.62. The minimum Gasteiger partial charge on any atom is -0.493 e. The molecule has 0 radical (unpaired) electrons. The van der Waals surface area contributed by atoms with E-state index in [-0.39, 0.29) is 17.8 Å². The number of methoxy groups -OCH3 is 3. The van der Waals surface area contributed by atoms with Crippen LogP contribution in [0.3, 0.4) is 0 Å². The average molecular weight is 484 g/mol. The first kappa shape index (κ1) is 24.8. The van der Waals surface area contributed by atoms with Gasteiger partial charge in [0.25, 0.3) is 0 Å². The molecule has 188 valence electrons. The van der Waals surface area contributed by atoms with Gasteiger partial charge in [0.1, 0.15) is 12.0 Å². The number of nitrogens with one attached hydrogen (secondary N) is 1. The van der Waals surface area contributed by atoms with Gasteiger partial charge in [-0.15, -0.1) is 0 Å². The van der Waals surface area contributed by atoms with Crippen LogP contribution in [0.2, 0.25) is 0 Å². The number of dihydropyridines is 1. The number of carbonyl (C=O) groups is 3. The summed E-state index contributed by atoms with van der Waals surface area (Å²) in [6.07, 6.45) is 4.02. The van der Waals surface area contributed by atoms with Gasteiger partial charge in [0.05, 0.1) is 32.8 Å². The molecule has 0 saturated heterocycles. The Kier molecular flexibility index (Phi) is 7.19. The highest BCUT2D eigenvalue weighted by molar-refractivity contribution is 6.12. The average Bonchev–Trinajstić information content (AvgIpc) is 3.35. The van der Waals surface area contributed by atoms with Gasteiger partial charge >= 0.3 is 11.9 Å². The highest BCUT2D eigenvalue weighted by atomic mass is 16.5. The maximum atomic E-state index is 13.9. The van der Waals surface area contributed by atoms with Crippen molar-refractivity contribution in [3.63, 3.8) is 0 Å². The summed E-state index contributed by atoms with van der Waals surface area (Å²) in [6.45, 7) is 3.67. The van der Waals surface area contributed by atoms with Crippen molar-refractivity contribution in [2.24, 2.45) is 11.8 Å². The van der Waals surface area contributed by atoms with Crippen molar-refractivity contribution in [1.29, 1.82) is 0 Å². The molecule has 1 fully saturated rings. The van der Waals surface area contributed by atoms with Crippen LogP contribution in [0.15, 0.2) is 40.7 Å². The Morgan fingerprint density at radius 1 is 1.06 bits per heavy atom. The largest absolute Gasteiger partial charge is 0.493 e. The van der Waals surface area contributed by atoms with Crippen LogP contribution in [0.4, 0.5) is 0 Å². The van der Waals surface area contributed by atoms with Crippen LogP contribution in [-0.4, -0.2) is 45.2 Å². The predicted molar refractivity (Wildman–Crippen MR) is 128 cm³/mol. The lowest BCUT2D eigenvalue weighted by Crippen LogP contribution is -2.43. The number of ketones is 1. The second kappa shape index (κ2) is 10.1. The van der Waals surface area contributed by atoms with Crippen LogP contribution in [0.1, 0.15) is 57.4 Å². The van der Waals surface area contributed by atoms with E-state index in [9.17, 15) is 14.4 Å². The van der Waals surface area contributed by atoms with Crippen molar-refractivity contribution in [2.45, 2.75) is 58.0 Å². The second-order valence-corrected chi connectivity index (χ2v) is 9.43. The number of hydrogen-bond donors (Lipinski definition) is 1. The first-order valence-corrected chi connectivity index (χ1v) is 12.1. The van der Waals surface area contributed by atoms with Gasteiger partial charge in [-0.2, -0.15) is 0 Å². The molecule has 35 heavy (non-hydrogen) atoms. The maximum Gasteiger partial charge on any atom is 0.337 e. The van der Waals surface area contributed by atoms with Crippen LogP contribution >= 0.6 is 0 Å². The molecule has 0 amide bonds. The number of Topliss-reactive ketones (excluding diaryl/α,β-unsaturated/α-hetero) is 1. The summed E-state index contributed by atoms with van der Waals surface area (Å²) in [6, 6.07) is 5.37. The zero-order chi connectivity index (χ0) is 25.3. The van der Waals surface area contributed by atoms with Gasteiger partial charge in [-0.1, -0.05) is 19.1 Å². The van der Waals surface area contributed by atoms with Crippen LogP contribution in [0.5, 0.6) is 11.5 Å². The second-order valence-electron chi connectivity index (χ2n) is 9.43. The van der Waals surface area contributed by atoms with Gasteiger partial charge in [-0.05, 0) is 51.0 Å². The summed E-state index contributed by atoms with van der Waals surface area (Å²) in [5.41, 5.74) is 2.64. The lowest BCUT2D eigenvalue weighted by molar-refractivity contribution is -0.151. The summed E-state index contributed by atoms with van der Waals surface area (Å²) in [5.74, 6) is -2.49. The van der Waals surface area contributed by atoms with Gasteiger partial charge in [-0.25, -0.2) is 4.79 Å². The number of esters is 2. The quantitative estimate of drug-likeness (QED) is 0.482. The molecular weight excluding hydrogens is 450 g/mol. The molecule has 0 aromatic heterocycles. The lowest BCUT2D eigenvalue weighted by atomic mass is 9.69. The number of allylic oxidation sites excluding steroid dienone is 3. The Bertz CT molecular complexity index is 1100. The van der Waals surface area contributed by atoms with E-state index in [0.29, 0.717) is 46.0 Å². The molecule has 8 heteroatoms. The van der Waals surface area contributed by atoms with Gasteiger partial charge < -0.3 is 24.3 Å². The minimum absolute atomic E-state index is 0.143. The van der Waals surface area contributed by atoms with Crippen molar-refractivity contribution in [2.75, 3.05) is 21.3 Å². The summed E-state index contributed by atoms with van der Waals surface area (Å²) >= 11 is 0. The topological polar surface area (TPSA) is 100 Å². The van der Waals surface area contributed by atoms with Gasteiger partial charge in [0.15, 0.2) is 17.3 Å². The van der Waals surface area contributed by atoms with Crippen molar-refractivity contribution in [3.05, 3.63) is 46.3 Å². The molecule has 3 atom stereocenters. The van der Waals surface area contributed by atoms with Gasteiger partial charge in [0, 0.05) is 22.5 Å². The van der Waals surface area contributed by atoms with E-state index in [1.54, 1.807) is 12.1 Å². The van der Waals surface area contributed by atoms with E-state index in [1.807, 2.05) is 19.9 Å². The van der Waals surface area contributed by atoms with E-state index in [4.69, 9.17) is 18.9 Å². The molecule has 2 aliphatic carbocycles. The number of hydrogen-bond acceptors (Lipinski definition) is 8. The zero-order valence-corrected chi connectivity index (χ0v) is 20.9. The van der Waals surface area contributed by atoms with Crippen LogP contribution in [0.25, 0.3) is 0 Å². The summed E-state index contributed by atoms with van der Waals surface area (Å²) in [4.78, 5) is 40.1. The molecule has 3 aliphatic rings. The molecule has 1 heterocycles. The predicted octanol–water partition coefficient (Wildman–Crippen LogP) is 3.80. The van der Waals surface area contributed by atoms with E-state index < -0.39 is 23.8 Å². The maximum absolute atomic E-state index is 13.9. The van der Waals surface area contributed by atoms with Crippen LogP contribution < -0.4 is 14.8 Å². The molecule has 1 aromatic carbocycles. The minimum atomic E-state index is -0.954. The van der Waals surface area contributed by atoms with Crippen LogP contribution in [-0.2, 0) is 23.9 Å². The van der Waals surface area contributed by atoms with Crippen molar-refractivity contribution in [3.8, 4) is 11.5 Å². The first-order chi connectivity index (χ1) is 16.8. The molecule has 0 unspecified atom stereocenters. The third-order valence-electron chi connectivity index (χ3n) is 7.28. The zero-order valence-electron chi connectivity index (χ0n) is 20.9. The SMILES string of the molecule is COC(=O)[C@H]1C(=O)C2=C(C[C@H]1C)NC(C)=C(C(=O)OC1CCCC1)[C@H]2c1cccc(OC)c1OC. The molecule has 1 aliphatic heterocycles. The molecule has 8 nitrogen and oxygen atoms in total. The normalized spacial score (nSPS) is 24.6. The summed E-state index contributed by atoms with van der Waals surface area (Å²) < 4.78 is 22.1. The Labute approximate surface area is 205 Å². The third-order valence-corrected chi connectivity index (χ3v) is 7.28. The monoisotopic (exact) mass is 483 g/mol. The molecule has 0 bridgehead atoms. The number of benzene rings is 1. The van der Waals surface area contributed by atoms with E-state index in [0.717, 1.165) is 25.7 Å². The molecule has 1 N–H and O–H groups in total. The highest BCUT2D eigenvalue weighted by Crippen LogP contribution is 2.49. The summed E-state index contributed by atoms with van der Waals surface area (Å²) in [7, 11) is 4.33. The van der Waals surface area contributed by atoms with E-state index >= 15 is 0 Å². The Hall–Kier alpha value is -3.29. The smallest absolute Gasteiger partial charge is 0.337 e. The van der Waals surface area contributed by atoms with E-state index in [1.165, 1.54) is 21.3 Å². The van der Waals surface area contributed by atoms with Gasteiger partial charge in [0.2, 0.25) is 0 Å². The van der Waals surface area contributed by atoms with Crippen LogP contribution in [0, 0.1) is 11.8 Å². The van der Waals surface area contributed by atoms with Crippen molar-refractivity contribution in [1.82, 2.24) is 5.32 Å². The third kappa shape index (κ3) is 4.42. The standard InChI is InChI=1S/C27H33NO7/c1-14-13-18-23(24(29)20(14)26(30)34-5)22(17-11-8-12-19(32-3)25(17)33-4)21(15(2)28-18)27(31)35-16-9-6-7-10-16/h8,11-12,14,16,20,22,28H,6-7,9-10,13H2,1-5H3/t14-,20-,22-/m1/s1. The van der Waals surface area contributed by atoms with Gasteiger partial charge in [-0.3, -0.25) is 9.59 Å².